The van der Waals surface area contributed by atoms with E-state index in [1.54, 1.807) is 37.3 Å². The summed E-state index contributed by atoms with van der Waals surface area (Å²) in [4.78, 5) is 29.5. The number of amides is 1. The molecule has 0 spiro atoms. The molecule has 7 nitrogen and oxygen atoms in total. The van der Waals surface area contributed by atoms with Gasteiger partial charge in [-0.25, -0.2) is 9.78 Å². The molecule has 3 rings (SSSR count). The molecule has 0 saturated heterocycles. The van der Waals surface area contributed by atoms with Gasteiger partial charge in [-0.2, -0.15) is 0 Å². The minimum absolute atomic E-state index is 0.386. The van der Waals surface area contributed by atoms with Crippen LogP contribution >= 0.6 is 11.3 Å². The number of rotatable bonds is 13. The van der Waals surface area contributed by atoms with Crippen LogP contribution in [0.25, 0.3) is 6.08 Å². The van der Waals surface area contributed by atoms with Gasteiger partial charge in [-0.05, 0) is 67.7 Å². The SMILES string of the molecule is CCCCOc1ccc(C[C@H](NC(=O)C(O)c2ccccc2)c2nc(/C=C(C)/C=C(/C)C(=O)OC)cs2)cc1. The van der Waals surface area contributed by atoms with Crippen LogP contribution in [-0.4, -0.2) is 35.7 Å². The van der Waals surface area contributed by atoms with E-state index in [1.807, 2.05) is 48.7 Å². The summed E-state index contributed by atoms with van der Waals surface area (Å²) in [6.45, 7) is 6.37. The van der Waals surface area contributed by atoms with Crippen LogP contribution in [-0.2, 0) is 20.7 Å². The summed E-state index contributed by atoms with van der Waals surface area (Å²) < 4.78 is 10.5. The summed E-state index contributed by atoms with van der Waals surface area (Å²) in [6.07, 6.45) is 4.87. The minimum atomic E-state index is -1.30. The topological polar surface area (TPSA) is 97.8 Å². The molecule has 0 aliphatic carbocycles. The van der Waals surface area contributed by atoms with E-state index in [4.69, 9.17) is 14.5 Å². The fourth-order valence-corrected chi connectivity index (χ4v) is 4.72. The Morgan fingerprint density at radius 1 is 1.10 bits per heavy atom. The average Bonchev–Trinajstić information content (AvgIpc) is 3.41. The van der Waals surface area contributed by atoms with Crippen LogP contribution in [0.15, 0.2) is 77.2 Å². The minimum Gasteiger partial charge on any atom is -0.494 e. The number of hydrogen-bond acceptors (Lipinski definition) is 7. The lowest BCUT2D eigenvalue weighted by Crippen LogP contribution is -2.34. The lowest BCUT2D eigenvalue weighted by Gasteiger charge is -2.19. The quantitative estimate of drug-likeness (QED) is 0.118. The Kier molecular flexibility index (Phi) is 11.5. The van der Waals surface area contributed by atoms with Gasteiger partial charge < -0.3 is 19.9 Å². The van der Waals surface area contributed by atoms with Crippen molar-refractivity contribution >= 4 is 29.3 Å². The highest BCUT2D eigenvalue weighted by atomic mass is 32.1. The van der Waals surface area contributed by atoms with Gasteiger partial charge >= 0.3 is 5.97 Å². The van der Waals surface area contributed by atoms with Crippen molar-refractivity contribution in [3.63, 3.8) is 0 Å². The summed E-state index contributed by atoms with van der Waals surface area (Å²) in [5, 5.41) is 16.3. The van der Waals surface area contributed by atoms with Crippen molar-refractivity contribution in [3.8, 4) is 5.75 Å². The number of benzene rings is 2. The second-order valence-corrected chi connectivity index (χ2v) is 10.1. The first-order valence-electron chi connectivity index (χ1n) is 13.0. The first-order chi connectivity index (χ1) is 18.8. The molecule has 0 bridgehead atoms. The van der Waals surface area contributed by atoms with E-state index < -0.39 is 18.1 Å². The fourth-order valence-electron chi connectivity index (χ4n) is 3.89. The van der Waals surface area contributed by atoms with E-state index in [9.17, 15) is 14.7 Å². The molecular weight excluding hydrogens is 512 g/mol. The maximum atomic E-state index is 13.0. The van der Waals surface area contributed by atoms with Crippen molar-refractivity contribution in [2.75, 3.05) is 13.7 Å². The molecular formula is C31H36N2O5S. The Balaban J connectivity index is 1.82. The van der Waals surface area contributed by atoms with E-state index >= 15 is 0 Å². The third kappa shape index (κ3) is 9.19. The number of allylic oxidation sites excluding steroid dienone is 2. The van der Waals surface area contributed by atoms with E-state index in [1.165, 1.54) is 18.4 Å². The van der Waals surface area contributed by atoms with Gasteiger partial charge in [0.25, 0.3) is 5.91 Å². The average molecular weight is 549 g/mol. The third-order valence-corrected chi connectivity index (χ3v) is 6.95. The molecule has 1 unspecified atom stereocenters. The van der Waals surface area contributed by atoms with Gasteiger partial charge in [0.2, 0.25) is 0 Å². The zero-order valence-corrected chi connectivity index (χ0v) is 23.7. The van der Waals surface area contributed by atoms with E-state index in [0.29, 0.717) is 34.9 Å². The Morgan fingerprint density at radius 2 is 1.82 bits per heavy atom. The van der Waals surface area contributed by atoms with Crippen molar-refractivity contribution in [2.24, 2.45) is 0 Å². The number of methoxy groups -OCH3 is 1. The number of unbranched alkanes of at least 4 members (excludes halogenated alkanes) is 1. The van der Waals surface area contributed by atoms with Gasteiger partial charge in [0.15, 0.2) is 6.10 Å². The zero-order valence-electron chi connectivity index (χ0n) is 22.8. The highest BCUT2D eigenvalue weighted by molar-refractivity contribution is 7.09. The van der Waals surface area contributed by atoms with Gasteiger partial charge in [-0.15, -0.1) is 11.3 Å². The first-order valence-corrected chi connectivity index (χ1v) is 13.8. The van der Waals surface area contributed by atoms with Crippen LogP contribution in [0.3, 0.4) is 0 Å². The normalized spacial score (nSPS) is 13.5. The predicted octanol–water partition coefficient (Wildman–Crippen LogP) is 5.98. The number of hydrogen-bond donors (Lipinski definition) is 2. The third-order valence-electron chi connectivity index (χ3n) is 5.97. The second kappa shape index (κ2) is 15.0. The van der Waals surface area contributed by atoms with Gasteiger partial charge in [0.1, 0.15) is 10.8 Å². The van der Waals surface area contributed by atoms with Crippen LogP contribution < -0.4 is 10.1 Å². The molecule has 2 aromatic carbocycles. The molecule has 206 valence electrons. The van der Waals surface area contributed by atoms with Crippen molar-refractivity contribution < 1.29 is 24.2 Å². The van der Waals surface area contributed by atoms with Crippen molar-refractivity contribution in [1.29, 1.82) is 0 Å². The predicted molar refractivity (Wildman–Crippen MR) is 154 cm³/mol. The molecule has 2 atom stereocenters. The molecule has 0 saturated carbocycles. The monoisotopic (exact) mass is 548 g/mol. The number of nitrogens with zero attached hydrogens (tertiary/aromatic N) is 1. The lowest BCUT2D eigenvalue weighted by atomic mass is 10.0. The number of esters is 1. The molecule has 2 N–H and O–H groups in total. The molecule has 0 radical (unpaired) electrons. The zero-order chi connectivity index (χ0) is 28.2. The van der Waals surface area contributed by atoms with Crippen molar-refractivity contribution in [3.05, 3.63) is 99.0 Å². The summed E-state index contributed by atoms with van der Waals surface area (Å²) in [5.41, 5.74) is 3.56. The first kappa shape index (κ1) is 29.8. The Labute approximate surface area is 234 Å². The number of carbonyl (C=O) groups excluding carboxylic acids is 2. The van der Waals surface area contributed by atoms with Gasteiger partial charge in [0.05, 0.1) is 25.5 Å². The number of aliphatic hydroxyl groups excluding tert-OH is 1. The number of carbonyl (C=O) groups is 2. The van der Waals surface area contributed by atoms with Crippen molar-refractivity contribution in [1.82, 2.24) is 10.3 Å². The number of thiazole rings is 1. The van der Waals surface area contributed by atoms with Gasteiger partial charge in [0, 0.05) is 11.0 Å². The maximum absolute atomic E-state index is 13.0. The second-order valence-electron chi connectivity index (χ2n) is 9.24. The van der Waals surface area contributed by atoms with E-state index in [-0.39, 0.29) is 5.97 Å². The fraction of sp³-hybridized carbons (Fsp3) is 0.323. The molecule has 1 amide bonds. The van der Waals surface area contributed by atoms with Crippen LogP contribution in [0, 0.1) is 0 Å². The number of ether oxygens (including phenoxy) is 2. The standard InChI is InChI=1S/C31H36N2O5S/c1-5-6-16-38-26-14-12-23(13-15-26)19-27(33-29(35)28(34)24-10-8-7-9-11-24)30-32-25(20-39-30)18-21(2)17-22(3)31(36)37-4/h7-15,17-18,20,27-28,34H,5-6,16,19H2,1-4H3,(H,33,35)/b21-18+,22-17-/t27-,28?/m0/s1. The molecule has 39 heavy (non-hydrogen) atoms. The van der Waals surface area contributed by atoms with Crippen LogP contribution in [0.4, 0.5) is 0 Å². The highest BCUT2D eigenvalue weighted by Crippen LogP contribution is 2.26. The Bertz CT molecular complexity index is 1280. The lowest BCUT2D eigenvalue weighted by molar-refractivity contribution is -0.136. The van der Waals surface area contributed by atoms with Crippen LogP contribution in [0.5, 0.6) is 5.75 Å². The summed E-state index contributed by atoms with van der Waals surface area (Å²) >= 11 is 1.43. The number of aliphatic hydroxyl groups is 1. The smallest absolute Gasteiger partial charge is 0.333 e. The number of nitrogens with one attached hydrogen (secondary N) is 1. The Morgan fingerprint density at radius 3 is 2.49 bits per heavy atom. The summed E-state index contributed by atoms with van der Waals surface area (Å²) in [6, 6.07) is 16.2. The molecule has 1 heterocycles. The summed E-state index contributed by atoms with van der Waals surface area (Å²) in [5.74, 6) is -0.0752. The largest absolute Gasteiger partial charge is 0.494 e. The molecule has 3 aromatic rings. The molecule has 0 aliphatic heterocycles. The molecule has 1 aromatic heterocycles. The van der Waals surface area contributed by atoms with Crippen LogP contribution in [0.2, 0.25) is 0 Å². The summed E-state index contributed by atoms with van der Waals surface area (Å²) in [7, 11) is 1.35. The molecule has 8 heteroatoms. The van der Waals surface area contributed by atoms with Gasteiger partial charge in [-0.1, -0.05) is 55.8 Å². The van der Waals surface area contributed by atoms with E-state index in [2.05, 4.69) is 12.2 Å². The molecule has 0 aliphatic rings. The van der Waals surface area contributed by atoms with E-state index in [0.717, 1.165) is 29.7 Å². The Hall–Kier alpha value is -3.75. The van der Waals surface area contributed by atoms with Crippen molar-refractivity contribution in [2.45, 2.75) is 52.2 Å². The molecule has 0 fully saturated rings. The maximum Gasteiger partial charge on any atom is 0.333 e. The van der Waals surface area contributed by atoms with Gasteiger partial charge in [-0.3, -0.25) is 4.79 Å². The van der Waals surface area contributed by atoms with Crippen LogP contribution in [0.1, 0.15) is 67.6 Å². The number of aromatic nitrogens is 1. The highest BCUT2D eigenvalue weighted by Gasteiger charge is 2.24.